The zero-order valence-electron chi connectivity index (χ0n) is 16.0. The number of carbonyl (C=O) groups excluding carboxylic acids is 1. The molecule has 5 heteroatoms. The number of para-hydroxylation sites is 2. The Morgan fingerprint density at radius 1 is 1.19 bits per heavy atom. The molecule has 0 unspecified atom stereocenters. The van der Waals surface area contributed by atoms with E-state index >= 15 is 0 Å². The van der Waals surface area contributed by atoms with E-state index in [0.29, 0.717) is 18.8 Å². The molecule has 0 bridgehead atoms. The maximum absolute atomic E-state index is 13.0. The highest BCUT2D eigenvalue weighted by Gasteiger charge is 2.32. The number of imidazole rings is 1. The predicted octanol–water partition coefficient (Wildman–Crippen LogP) is 3.58. The van der Waals surface area contributed by atoms with Crippen LogP contribution in [0.1, 0.15) is 36.7 Å². The van der Waals surface area contributed by atoms with Crippen LogP contribution in [0.2, 0.25) is 0 Å². The summed E-state index contributed by atoms with van der Waals surface area (Å²) in [7, 11) is 0. The van der Waals surface area contributed by atoms with Crippen LogP contribution in [0.15, 0.2) is 53.7 Å². The SMILES string of the molecule is CC(C)(C)c1ccc(C(=O)Cn2c3[n+](c4ccccc42)C[C@@H](O)CS3)cc1. The molecule has 0 aliphatic carbocycles. The van der Waals surface area contributed by atoms with Crippen LogP contribution < -0.4 is 4.57 Å². The molecule has 27 heavy (non-hydrogen) atoms. The first-order chi connectivity index (χ1) is 12.8. The number of benzene rings is 2. The molecule has 1 N–H and O–H groups in total. The minimum atomic E-state index is -0.354. The molecule has 0 amide bonds. The Labute approximate surface area is 163 Å². The number of fused-ring (bicyclic) bond motifs is 3. The molecule has 0 spiro atoms. The van der Waals surface area contributed by atoms with Crippen molar-refractivity contribution >= 4 is 28.6 Å². The fourth-order valence-corrected chi connectivity index (χ4v) is 4.68. The van der Waals surface area contributed by atoms with Gasteiger partial charge in [0.2, 0.25) is 5.78 Å². The minimum Gasteiger partial charge on any atom is -0.388 e. The molecule has 0 radical (unpaired) electrons. The number of Topliss-reactive ketones (excluding diaryl/α,β-unsaturated/α-hetero) is 1. The summed E-state index contributed by atoms with van der Waals surface area (Å²) in [4.78, 5) is 13.0. The van der Waals surface area contributed by atoms with E-state index in [1.165, 1.54) is 5.56 Å². The third kappa shape index (κ3) is 3.42. The third-order valence-corrected chi connectivity index (χ3v) is 6.35. The van der Waals surface area contributed by atoms with E-state index in [1.807, 2.05) is 30.3 Å². The highest BCUT2D eigenvalue weighted by molar-refractivity contribution is 7.99. The van der Waals surface area contributed by atoms with Crippen molar-refractivity contribution in [3.8, 4) is 0 Å². The second-order valence-corrected chi connectivity index (χ2v) is 9.17. The molecule has 1 aliphatic rings. The average Bonchev–Trinajstić information content (AvgIpc) is 2.94. The first-order valence-electron chi connectivity index (χ1n) is 9.30. The minimum absolute atomic E-state index is 0.0748. The van der Waals surface area contributed by atoms with E-state index in [4.69, 9.17) is 0 Å². The topological polar surface area (TPSA) is 46.1 Å². The van der Waals surface area contributed by atoms with E-state index in [2.05, 4.69) is 48.1 Å². The standard InChI is InChI=1S/C22H25N2O2S/c1-22(2,3)16-10-8-15(9-11-16)20(26)13-24-19-7-5-4-6-18(19)23-12-17(25)14-27-21(23)24/h4-11,17,25H,12-14H2,1-3H3/q+1/t17-/m1/s1. The molecular formula is C22H25N2O2S+. The monoisotopic (exact) mass is 381 g/mol. The summed E-state index contributed by atoms with van der Waals surface area (Å²) in [6.45, 7) is 7.39. The molecule has 0 saturated carbocycles. The molecule has 0 fully saturated rings. The van der Waals surface area contributed by atoms with Gasteiger partial charge < -0.3 is 5.11 Å². The smallest absolute Gasteiger partial charge is 0.319 e. The second-order valence-electron chi connectivity index (χ2n) is 8.18. The number of hydrogen-bond acceptors (Lipinski definition) is 3. The van der Waals surface area contributed by atoms with Crippen molar-refractivity contribution in [3.63, 3.8) is 0 Å². The van der Waals surface area contributed by atoms with Crippen LogP contribution in [-0.4, -0.2) is 27.3 Å². The van der Waals surface area contributed by atoms with E-state index < -0.39 is 0 Å². The van der Waals surface area contributed by atoms with Crippen LogP contribution in [0.5, 0.6) is 0 Å². The van der Waals surface area contributed by atoms with Gasteiger partial charge in [-0.3, -0.25) is 4.79 Å². The number of aliphatic hydroxyl groups is 1. The highest BCUT2D eigenvalue weighted by atomic mass is 32.2. The number of carbonyl (C=O) groups is 1. The Balaban J connectivity index is 1.69. The Bertz CT molecular complexity index is 1000. The lowest BCUT2D eigenvalue weighted by Crippen LogP contribution is -2.45. The second kappa shape index (κ2) is 6.80. The van der Waals surface area contributed by atoms with Gasteiger partial charge in [0.25, 0.3) is 0 Å². The van der Waals surface area contributed by atoms with Crippen molar-refractivity contribution in [3.05, 3.63) is 59.7 Å². The number of hydrogen-bond donors (Lipinski definition) is 1. The van der Waals surface area contributed by atoms with Gasteiger partial charge in [-0.05, 0) is 34.9 Å². The molecule has 1 atom stereocenters. The largest absolute Gasteiger partial charge is 0.388 e. The number of ketones is 1. The fraction of sp³-hybridized carbons (Fsp3) is 0.364. The summed E-state index contributed by atoms with van der Waals surface area (Å²) in [6.07, 6.45) is -0.354. The Morgan fingerprint density at radius 2 is 1.89 bits per heavy atom. The summed E-state index contributed by atoms with van der Waals surface area (Å²) in [6, 6.07) is 16.1. The van der Waals surface area contributed by atoms with Crippen LogP contribution in [0, 0.1) is 0 Å². The number of nitrogens with zero attached hydrogens (tertiary/aromatic N) is 2. The maximum Gasteiger partial charge on any atom is 0.319 e. The summed E-state index contributed by atoms with van der Waals surface area (Å²) in [5.41, 5.74) is 4.14. The van der Waals surface area contributed by atoms with Gasteiger partial charge in [-0.15, -0.1) is 0 Å². The first-order valence-corrected chi connectivity index (χ1v) is 10.3. The van der Waals surface area contributed by atoms with Gasteiger partial charge in [0, 0.05) is 11.3 Å². The Hall–Kier alpha value is -2.11. The maximum atomic E-state index is 13.0. The lowest BCUT2D eigenvalue weighted by Gasteiger charge is -2.19. The Morgan fingerprint density at radius 3 is 2.59 bits per heavy atom. The molecular weight excluding hydrogens is 356 g/mol. The lowest BCUT2D eigenvalue weighted by atomic mass is 9.86. The molecule has 1 aliphatic heterocycles. The van der Waals surface area contributed by atoms with Gasteiger partial charge >= 0.3 is 5.16 Å². The summed E-state index contributed by atoms with van der Waals surface area (Å²) in [5, 5.41) is 11.1. The number of rotatable bonds is 3. The Kier molecular flexibility index (Phi) is 4.60. The number of thioether (sulfide) groups is 1. The van der Waals surface area contributed by atoms with Crippen LogP contribution >= 0.6 is 11.8 Å². The van der Waals surface area contributed by atoms with E-state index in [9.17, 15) is 9.90 Å². The van der Waals surface area contributed by atoms with Crippen LogP contribution in [-0.2, 0) is 18.5 Å². The van der Waals surface area contributed by atoms with Crippen molar-refractivity contribution in [1.82, 2.24) is 4.57 Å². The van der Waals surface area contributed by atoms with E-state index in [0.717, 1.165) is 21.8 Å². The lowest BCUT2D eigenvalue weighted by molar-refractivity contribution is -0.717. The van der Waals surface area contributed by atoms with Crippen molar-refractivity contribution < 1.29 is 14.5 Å². The van der Waals surface area contributed by atoms with Crippen LogP contribution in [0.4, 0.5) is 0 Å². The number of aliphatic hydroxyl groups excluding tert-OH is 1. The van der Waals surface area contributed by atoms with Gasteiger partial charge in [0.05, 0.1) is 0 Å². The van der Waals surface area contributed by atoms with Crippen molar-refractivity contribution in [2.24, 2.45) is 0 Å². The normalized spacial score (nSPS) is 17.1. The molecule has 4 rings (SSSR count). The van der Waals surface area contributed by atoms with Crippen molar-refractivity contribution in [1.29, 1.82) is 0 Å². The quantitative estimate of drug-likeness (QED) is 0.557. The molecule has 4 nitrogen and oxygen atoms in total. The van der Waals surface area contributed by atoms with E-state index in [1.54, 1.807) is 11.8 Å². The molecule has 1 aromatic heterocycles. The van der Waals surface area contributed by atoms with Gasteiger partial charge in [-0.25, -0.2) is 9.13 Å². The number of aromatic nitrogens is 2. The summed E-state index contributed by atoms with van der Waals surface area (Å²) in [5.74, 6) is 0.761. The van der Waals surface area contributed by atoms with Crippen molar-refractivity contribution in [2.75, 3.05) is 5.75 Å². The average molecular weight is 382 g/mol. The van der Waals surface area contributed by atoms with Gasteiger partial charge in [-0.1, -0.05) is 57.2 Å². The summed E-state index contributed by atoms with van der Waals surface area (Å²) < 4.78 is 4.22. The molecule has 140 valence electrons. The molecule has 0 saturated heterocycles. The first kappa shape index (κ1) is 18.3. The van der Waals surface area contributed by atoms with Crippen LogP contribution in [0.3, 0.4) is 0 Å². The van der Waals surface area contributed by atoms with Gasteiger partial charge in [0.1, 0.15) is 12.6 Å². The third-order valence-electron chi connectivity index (χ3n) is 5.10. The molecule has 2 aromatic carbocycles. The predicted molar refractivity (Wildman–Crippen MR) is 108 cm³/mol. The highest BCUT2D eigenvalue weighted by Crippen LogP contribution is 2.27. The zero-order valence-corrected chi connectivity index (χ0v) is 16.8. The van der Waals surface area contributed by atoms with Crippen LogP contribution in [0.25, 0.3) is 11.0 Å². The molecule has 2 heterocycles. The molecule has 3 aromatic rings. The zero-order chi connectivity index (χ0) is 19.2. The van der Waals surface area contributed by atoms with Gasteiger partial charge in [0.15, 0.2) is 17.6 Å². The van der Waals surface area contributed by atoms with Gasteiger partial charge in [-0.2, -0.15) is 0 Å². The van der Waals surface area contributed by atoms with E-state index in [-0.39, 0.29) is 17.3 Å². The fourth-order valence-electron chi connectivity index (χ4n) is 3.58. The summed E-state index contributed by atoms with van der Waals surface area (Å²) >= 11 is 1.62. The van der Waals surface area contributed by atoms with Crippen molar-refractivity contribution in [2.45, 2.75) is 50.5 Å².